The molecule has 0 unspecified atom stereocenters. The molecule has 0 aliphatic carbocycles. The van der Waals surface area contributed by atoms with E-state index in [1.165, 1.54) is 38.1 Å². The minimum atomic E-state index is -4.27. The van der Waals surface area contributed by atoms with Crippen molar-refractivity contribution in [3.8, 4) is 12.1 Å². The summed E-state index contributed by atoms with van der Waals surface area (Å²) in [5.74, 6) is 0. The summed E-state index contributed by atoms with van der Waals surface area (Å²) in [7, 11) is -8.54. The van der Waals surface area contributed by atoms with Crippen LogP contribution in [0.3, 0.4) is 0 Å². The molecule has 0 saturated carbocycles. The molecule has 0 spiro atoms. The molecule has 0 heterocycles. The Morgan fingerprint density at radius 3 is 0.966 bits per heavy atom. The van der Waals surface area contributed by atoms with Crippen LogP contribution in [-0.2, 0) is 40.7 Å². The van der Waals surface area contributed by atoms with Crippen LogP contribution in [0, 0.1) is 36.5 Å². The van der Waals surface area contributed by atoms with Gasteiger partial charge in [-0.25, -0.2) is 16.8 Å². The summed E-state index contributed by atoms with van der Waals surface area (Å²) in [5.41, 5.74) is 1.86. The average Bonchev–Trinajstić information content (AvgIpc) is 2.56. The molecule has 2 aromatic carbocycles. The fourth-order valence-electron chi connectivity index (χ4n) is 1.41. The Kier molecular flexibility index (Phi) is 17.2. The molecule has 0 radical (unpaired) electrons. The van der Waals surface area contributed by atoms with Gasteiger partial charge in [0.2, 0.25) is 0 Å². The summed E-state index contributed by atoms with van der Waals surface area (Å²) in [5, 5.41) is 14.6. The van der Waals surface area contributed by atoms with Gasteiger partial charge in [0.15, 0.2) is 0 Å². The molecule has 0 aromatic heterocycles. The first-order valence-corrected chi connectivity index (χ1v) is 10.3. The van der Waals surface area contributed by atoms with E-state index in [4.69, 9.17) is 10.5 Å². The second kappa shape index (κ2) is 15.8. The molecule has 0 atom stereocenters. The normalized spacial score (nSPS) is 9.24. The van der Waals surface area contributed by atoms with Crippen LogP contribution >= 0.6 is 0 Å². The van der Waals surface area contributed by atoms with Gasteiger partial charge in [0.25, 0.3) is 0 Å². The first-order valence-electron chi connectivity index (χ1n) is 7.50. The molecular weight excluding hydrogens is 511 g/mol. The van der Waals surface area contributed by atoms with E-state index in [0.717, 1.165) is 11.1 Å². The van der Waals surface area contributed by atoms with Crippen molar-refractivity contribution in [3.63, 3.8) is 0 Å². The molecule has 160 valence electrons. The number of aryl methyl sites for hydroxylation is 2. The quantitative estimate of drug-likeness (QED) is 0.422. The van der Waals surface area contributed by atoms with Crippen molar-refractivity contribution in [1.29, 1.82) is 10.5 Å². The molecule has 0 N–H and O–H groups in total. The zero-order valence-electron chi connectivity index (χ0n) is 16.1. The van der Waals surface area contributed by atoms with Gasteiger partial charge in [-0.05, 0) is 38.1 Å². The molecule has 8 nitrogen and oxygen atoms in total. The van der Waals surface area contributed by atoms with Gasteiger partial charge < -0.3 is 9.11 Å². The number of nitrogens with zero attached hydrogens (tertiary/aromatic N) is 2. The third-order valence-electron chi connectivity index (χ3n) is 2.62. The monoisotopic (exact) mass is 530 g/mol. The van der Waals surface area contributed by atoms with Gasteiger partial charge in [-0.2, -0.15) is 10.5 Å². The van der Waals surface area contributed by atoms with Gasteiger partial charge in [-0.1, -0.05) is 35.4 Å². The predicted molar refractivity (Wildman–Crippen MR) is 101 cm³/mol. The summed E-state index contributed by atoms with van der Waals surface area (Å²) >= 11 is 0. The minimum absolute atomic E-state index is 0. The molecule has 0 bridgehead atoms. The standard InChI is InChI=1S/2C7H8O3S.2C2H3N.Pd/c2*1-6-2-4-7(5-3-6)11(8,9)10;2*1-2-3;/h2*2-5H,1H3,(H,8,9,10);2*1H3;/q;;;;+2/p-2. The second-order valence-electron chi connectivity index (χ2n) is 4.98. The van der Waals surface area contributed by atoms with E-state index < -0.39 is 20.2 Å². The van der Waals surface area contributed by atoms with Crippen LogP contribution < -0.4 is 0 Å². The molecule has 29 heavy (non-hydrogen) atoms. The molecule has 2 aromatic rings. The average molecular weight is 531 g/mol. The molecule has 0 aliphatic heterocycles. The van der Waals surface area contributed by atoms with Gasteiger partial charge in [0.1, 0.15) is 20.2 Å². The Labute approximate surface area is 186 Å². The Hall–Kier alpha value is -2.10. The Bertz CT molecular complexity index is 921. The van der Waals surface area contributed by atoms with Gasteiger partial charge in [0, 0.05) is 13.8 Å². The molecule has 0 saturated heterocycles. The molecule has 11 heteroatoms. The van der Waals surface area contributed by atoms with Crippen molar-refractivity contribution >= 4 is 20.2 Å². The van der Waals surface area contributed by atoms with E-state index in [0.29, 0.717) is 0 Å². The van der Waals surface area contributed by atoms with E-state index in [2.05, 4.69) is 0 Å². The van der Waals surface area contributed by atoms with Gasteiger partial charge >= 0.3 is 20.4 Å². The number of hydrogen-bond acceptors (Lipinski definition) is 8. The molecule has 0 aliphatic rings. The fourth-order valence-corrected chi connectivity index (χ4v) is 2.35. The van der Waals surface area contributed by atoms with Gasteiger partial charge in [0.05, 0.1) is 21.9 Å². The van der Waals surface area contributed by atoms with Gasteiger partial charge in [-0.3, -0.25) is 0 Å². The van der Waals surface area contributed by atoms with Crippen molar-refractivity contribution in [2.75, 3.05) is 0 Å². The maximum absolute atomic E-state index is 10.4. The number of benzene rings is 2. The van der Waals surface area contributed by atoms with E-state index in [1.807, 2.05) is 13.8 Å². The summed E-state index contributed by atoms with van der Waals surface area (Å²) in [6, 6.07) is 15.1. The molecule has 0 fully saturated rings. The molecule has 0 amide bonds. The zero-order chi connectivity index (χ0) is 22.4. The van der Waals surface area contributed by atoms with E-state index in [9.17, 15) is 25.9 Å². The van der Waals surface area contributed by atoms with Crippen molar-refractivity contribution < 1.29 is 46.4 Å². The summed E-state index contributed by atoms with van der Waals surface area (Å²) in [6.07, 6.45) is 0. The number of rotatable bonds is 2. The maximum atomic E-state index is 10.4. The fraction of sp³-hybridized carbons (Fsp3) is 0.222. The topological polar surface area (TPSA) is 162 Å². The Morgan fingerprint density at radius 1 is 0.655 bits per heavy atom. The van der Waals surface area contributed by atoms with Crippen LogP contribution in [0.4, 0.5) is 0 Å². The van der Waals surface area contributed by atoms with Crippen LogP contribution in [0.5, 0.6) is 0 Å². The number of nitriles is 2. The van der Waals surface area contributed by atoms with Crippen LogP contribution in [0.2, 0.25) is 0 Å². The Morgan fingerprint density at radius 2 is 0.828 bits per heavy atom. The van der Waals surface area contributed by atoms with Crippen molar-refractivity contribution in [1.82, 2.24) is 0 Å². The van der Waals surface area contributed by atoms with Crippen molar-refractivity contribution in [3.05, 3.63) is 59.7 Å². The minimum Gasteiger partial charge on any atom is -0.744 e. The van der Waals surface area contributed by atoms with E-state index in [1.54, 1.807) is 36.4 Å². The first-order chi connectivity index (χ1) is 12.8. The zero-order valence-corrected chi connectivity index (χ0v) is 19.3. The van der Waals surface area contributed by atoms with E-state index >= 15 is 0 Å². The first kappa shape index (κ1) is 31.6. The molecule has 2 rings (SSSR count). The number of hydrogen-bond donors (Lipinski definition) is 0. The summed E-state index contributed by atoms with van der Waals surface area (Å²) in [6.45, 7) is 6.50. The second-order valence-corrected chi connectivity index (χ2v) is 7.74. The SMILES string of the molecule is CC#N.CC#N.Cc1ccc(S(=O)(=O)[O-])cc1.Cc1ccc(S(=O)(=O)[O-])cc1.[Pd+2]. The summed E-state index contributed by atoms with van der Waals surface area (Å²) in [4.78, 5) is -0.355. The summed E-state index contributed by atoms with van der Waals surface area (Å²) < 4.78 is 62.3. The smallest absolute Gasteiger partial charge is 0.744 e. The van der Waals surface area contributed by atoms with Crippen LogP contribution in [0.1, 0.15) is 25.0 Å². The van der Waals surface area contributed by atoms with Crippen molar-refractivity contribution in [2.24, 2.45) is 0 Å². The van der Waals surface area contributed by atoms with Crippen LogP contribution in [0.15, 0.2) is 58.3 Å². The maximum Gasteiger partial charge on any atom is 2.00 e. The molecular formula is C18H20N2O6PdS2. The van der Waals surface area contributed by atoms with Crippen LogP contribution in [-0.4, -0.2) is 25.9 Å². The Balaban J connectivity index is -0.000000358. The third-order valence-corrected chi connectivity index (χ3v) is 4.32. The van der Waals surface area contributed by atoms with Crippen LogP contribution in [0.25, 0.3) is 0 Å². The van der Waals surface area contributed by atoms with E-state index in [-0.39, 0.29) is 30.2 Å². The largest absolute Gasteiger partial charge is 2.00 e. The third kappa shape index (κ3) is 16.6. The van der Waals surface area contributed by atoms with Crippen molar-refractivity contribution in [2.45, 2.75) is 37.5 Å². The predicted octanol–water partition coefficient (Wildman–Crippen LogP) is 2.86. The van der Waals surface area contributed by atoms with Gasteiger partial charge in [-0.15, -0.1) is 0 Å².